The summed E-state index contributed by atoms with van der Waals surface area (Å²) in [5.74, 6) is 1.50. The first-order chi connectivity index (χ1) is 13.3. The molecule has 3 heterocycles. The smallest absolute Gasteiger partial charge is 0.290 e. The van der Waals surface area contributed by atoms with Crippen LogP contribution in [0, 0.1) is 11.8 Å². The summed E-state index contributed by atoms with van der Waals surface area (Å²) in [6.07, 6.45) is 6.91. The Balaban J connectivity index is 0.000000706. The van der Waals surface area contributed by atoms with Crippen molar-refractivity contribution >= 4 is 22.1 Å². The number of carbonyl (C=O) groups is 1. The van der Waals surface area contributed by atoms with Crippen LogP contribution in [0.4, 0.5) is 5.82 Å². The number of nitrogens with zero attached hydrogens (tertiary/aromatic N) is 3. The van der Waals surface area contributed by atoms with Gasteiger partial charge in [0.05, 0.1) is 6.10 Å². The lowest BCUT2D eigenvalue weighted by Crippen LogP contribution is -2.48. The van der Waals surface area contributed by atoms with Gasteiger partial charge >= 0.3 is 0 Å². The molecule has 2 saturated heterocycles. The summed E-state index contributed by atoms with van der Waals surface area (Å²) in [7, 11) is -3.30. The Kier molecular flexibility index (Phi) is 6.57. The van der Waals surface area contributed by atoms with Gasteiger partial charge in [-0.15, -0.1) is 0 Å². The van der Waals surface area contributed by atoms with E-state index in [1.807, 2.05) is 0 Å². The van der Waals surface area contributed by atoms with Gasteiger partial charge in [-0.1, -0.05) is 0 Å². The second kappa shape index (κ2) is 8.75. The molecule has 2 aliphatic heterocycles. The molecule has 0 spiro atoms. The van der Waals surface area contributed by atoms with Crippen LogP contribution in [-0.2, 0) is 14.6 Å². The van der Waals surface area contributed by atoms with Gasteiger partial charge in [-0.2, -0.15) is 0 Å². The van der Waals surface area contributed by atoms with Gasteiger partial charge in [0, 0.05) is 31.6 Å². The van der Waals surface area contributed by atoms with Crippen LogP contribution in [0.15, 0.2) is 23.2 Å². The number of aromatic nitrogens is 1. The van der Waals surface area contributed by atoms with Crippen molar-refractivity contribution in [3.8, 4) is 0 Å². The number of likely N-dealkylation sites (tertiary alicyclic amines) is 1. The lowest BCUT2D eigenvalue weighted by molar-refractivity contribution is -0.122. The number of fused-ring (bicyclic) bond motifs is 1. The van der Waals surface area contributed by atoms with E-state index < -0.39 is 9.84 Å². The fraction of sp³-hybridized carbons (Fsp3) is 0.684. The largest absolute Gasteiger partial charge is 0.483 e. The van der Waals surface area contributed by atoms with Gasteiger partial charge in [-0.05, 0) is 62.7 Å². The van der Waals surface area contributed by atoms with E-state index >= 15 is 0 Å². The van der Waals surface area contributed by atoms with Crippen molar-refractivity contribution < 1.29 is 23.4 Å². The van der Waals surface area contributed by atoms with Crippen LogP contribution < -0.4 is 4.90 Å². The molecule has 1 aliphatic carbocycles. The molecular weight excluding hydrogens is 382 g/mol. The first-order valence-corrected chi connectivity index (χ1v) is 11.6. The molecule has 3 aliphatic rings. The molecule has 28 heavy (non-hydrogen) atoms. The summed E-state index contributed by atoms with van der Waals surface area (Å²) < 4.78 is 24.2. The predicted octanol–water partition coefficient (Wildman–Crippen LogP) is 0.857. The van der Waals surface area contributed by atoms with E-state index in [0.717, 1.165) is 39.0 Å². The molecule has 1 aromatic rings. The standard InChI is InChI=1S/C18H27N3O3S.CH2O2/c1-25(23,24)17-5-4-6-19-18(17)21-11-13-9-15(20-7-2-3-8-20)16(22)10-14(13)12-21;2-1-3/h4-6,13-16,22H,2-3,7-12H2,1H3;1H,(H,2,3)/t13-,14+,15-,16-;/m1./s1. The molecule has 0 bridgehead atoms. The van der Waals surface area contributed by atoms with Crippen molar-refractivity contribution in [2.45, 2.75) is 42.7 Å². The third-order valence-electron chi connectivity index (χ3n) is 6.17. The molecule has 9 heteroatoms. The zero-order valence-electron chi connectivity index (χ0n) is 16.1. The Hall–Kier alpha value is -1.71. The van der Waals surface area contributed by atoms with E-state index in [9.17, 15) is 13.5 Å². The Labute approximate surface area is 166 Å². The number of hydrogen-bond donors (Lipinski definition) is 2. The number of carboxylic acid groups (broad SMARTS) is 1. The fourth-order valence-corrected chi connectivity index (χ4v) is 5.79. The van der Waals surface area contributed by atoms with Gasteiger partial charge < -0.3 is 15.1 Å². The summed E-state index contributed by atoms with van der Waals surface area (Å²) in [6.45, 7) is 3.57. The number of aliphatic hydroxyl groups excluding tert-OH is 1. The van der Waals surface area contributed by atoms with Crippen molar-refractivity contribution in [1.29, 1.82) is 0 Å². The molecular formula is C19H29N3O5S. The lowest BCUT2D eigenvalue weighted by Gasteiger charge is -2.40. The first-order valence-electron chi connectivity index (χ1n) is 9.75. The summed E-state index contributed by atoms with van der Waals surface area (Å²) in [6, 6.07) is 3.58. The van der Waals surface area contributed by atoms with Crippen molar-refractivity contribution in [1.82, 2.24) is 9.88 Å². The minimum absolute atomic E-state index is 0.250. The van der Waals surface area contributed by atoms with E-state index in [-0.39, 0.29) is 18.6 Å². The zero-order chi connectivity index (χ0) is 20.3. The minimum Gasteiger partial charge on any atom is -0.483 e. The molecule has 156 valence electrons. The van der Waals surface area contributed by atoms with Gasteiger partial charge in [0.25, 0.3) is 6.47 Å². The van der Waals surface area contributed by atoms with Crippen LogP contribution in [-0.4, -0.2) is 79.6 Å². The highest BCUT2D eigenvalue weighted by molar-refractivity contribution is 7.90. The molecule has 4 rings (SSSR count). The maximum atomic E-state index is 12.1. The van der Waals surface area contributed by atoms with Crippen LogP contribution in [0.1, 0.15) is 25.7 Å². The molecule has 0 radical (unpaired) electrons. The molecule has 8 nitrogen and oxygen atoms in total. The van der Waals surface area contributed by atoms with Crippen LogP contribution in [0.3, 0.4) is 0 Å². The minimum atomic E-state index is -3.30. The predicted molar refractivity (Wildman–Crippen MR) is 105 cm³/mol. The van der Waals surface area contributed by atoms with Crippen molar-refractivity contribution in [3.05, 3.63) is 18.3 Å². The van der Waals surface area contributed by atoms with Gasteiger partial charge in [0.2, 0.25) is 0 Å². The quantitative estimate of drug-likeness (QED) is 0.705. The molecule has 1 saturated carbocycles. The second-order valence-electron chi connectivity index (χ2n) is 7.98. The Morgan fingerprint density at radius 3 is 2.39 bits per heavy atom. The normalized spacial score (nSPS) is 30.4. The Bertz CT molecular complexity index is 782. The van der Waals surface area contributed by atoms with Crippen LogP contribution in [0.5, 0.6) is 0 Å². The Morgan fingerprint density at radius 1 is 1.18 bits per heavy atom. The highest BCUT2D eigenvalue weighted by Gasteiger charge is 2.44. The summed E-state index contributed by atoms with van der Waals surface area (Å²) in [4.78, 5) is 17.6. The topological polar surface area (TPSA) is 111 Å². The molecule has 0 aromatic carbocycles. The van der Waals surface area contributed by atoms with Gasteiger partial charge in [-0.3, -0.25) is 9.69 Å². The fourth-order valence-electron chi connectivity index (χ4n) is 4.96. The highest BCUT2D eigenvalue weighted by Crippen LogP contribution is 2.41. The SMILES string of the molecule is CS(=O)(=O)c1cccnc1N1C[C@H]2C[C@@H](N3CCCC3)[C@H](O)C[C@H]2C1.O=CO. The maximum Gasteiger partial charge on any atom is 0.290 e. The van der Waals surface area contributed by atoms with E-state index in [1.54, 1.807) is 18.3 Å². The van der Waals surface area contributed by atoms with Crippen molar-refractivity contribution in [3.63, 3.8) is 0 Å². The third kappa shape index (κ3) is 4.47. The van der Waals surface area contributed by atoms with Crippen LogP contribution in [0.2, 0.25) is 0 Å². The number of pyridine rings is 1. The molecule has 3 fully saturated rings. The summed E-state index contributed by atoms with van der Waals surface area (Å²) in [5, 5.41) is 17.5. The molecule has 4 atom stereocenters. The maximum absolute atomic E-state index is 12.1. The average molecular weight is 412 g/mol. The number of sulfone groups is 1. The number of hydrogen-bond acceptors (Lipinski definition) is 7. The lowest BCUT2D eigenvalue weighted by atomic mass is 9.77. The molecule has 1 aromatic heterocycles. The van der Waals surface area contributed by atoms with E-state index in [2.05, 4.69) is 14.8 Å². The van der Waals surface area contributed by atoms with E-state index in [1.165, 1.54) is 19.1 Å². The summed E-state index contributed by atoms with van der Waals surface area (Å²) in [5.41, 5.74) is 0. The zero-order valence-corrected chi connectivity index (χ0v) is 17.0. The highest BCUT2D eigenvalue weighted by atomic mass is 32.2. The average Bonchev–Trinajstić information content (AvgIpc) is 3.30. The van der Waals surface area contributed by atoms with E-state index in [0.29, 0.717) is 22.5 Å². The third-order valence-corrected chi connectivity index (χ3v) is 7.29. The molecule has 0 unspecified atom stereocenters. The molecule has 2 N–H and O–H groups in total. The Morgan fingerprint density at radius 2 is 1.79 bits per heavy atom. The van der Waals surface area contributed by atoms with Crippen molar-refractivity contribution in [2.24, 2.45) is 11.8 Å². The van der Waals surface area contributed by atoms with Gasteiger partial charge in [-0.25, -0.2) is 13.4 Å². The second-order valence-corrected chi connectivity index (χ2v) is 9.96. The number of aliphatic hydroxyl groups is 1. The summed E-state index contributed by atoms with van der Waals surface area (Å²) >= 11 is 0. The number of anilines is 1. The first kappa shape index (κ1) is 21.0. The molecule has 0 amide bonds. The van der Waals surface area contributed by atoms with Gasteiger partial charge in [0.1, 0.15) is 10.7 Å². The van der Waals surface area contributed by atoms with Crippen LogP contribution >= 0.6 is 0 Å². The van der Waals surface area contributed by atoms with Crippen molar-refractivity contribution in [2.75, 3.05) is 37.3 Å². The van der Waals surface area contributed by atoms with Gasteiger partial charge in [0.15, 0.2) is 9.84 Å². The monoisotopic (exact) mass is 411 g/mol. The number of rotatable bonds is 3. The van der Waals surface area contributed by atoms with E-state index in [4.69, 9.17) is 9.90 Å². The van der Waals surface area contributed by atoms with Crippen LogP contribution in [0.25, 0.3) is 0 Å².